The molecule has 20 heavy (non-hydrogen) atoms. The molecule has 2 aromatic rings. The summed E-state index contributed by atoms with van der Waals surface area (Å²) in [4.78, 5) is 0. The van der Waals surface area contributed by atoms with Crippen LogP contribution in [-0.2, 0) is 6.42 Å². The third-order valence-electron chi connectivity index (χ3n) is 3.32. The summed E-state index contributed by atoms with van der Waals surface area (Å²) in [6.07, 6.45) is 2.17. The lowest BCUT2D eigenvalue weighted by Crippen LogP contribution is -2.21. The molecule has 0 fully saturated rings. The number of ether oxygens (including phenoxy) is 1. The molecule has 0 radical (unpaired) electrons. The Morgan fingerprint density at radius 2 is 2.05 bits per heavy atom. The van der Waals surface area contributed by atoms with Crippen molar-refractivity contribution in [3.8, 4) is 5.75 Å². The lowest BCUT2D eigenvalue weighted by Gasteiger charge is -2.16. The summed E-state index contributed by atoms with van der Waals surface area (Å²) in [5, 5.41) is 5.79. The molecule has 0 saturated heterocycles. The fourth-order valence-corrected chi connectivity index (χ4v) is 3.47. The largest absolute Gasteiger partial charge is 0.497 e. The fraction of sp³-hybridized carbons (Fsp3) is 0.375. The van der Waals surface area contributed by atoms with Crippen molar-refractivity contribution >= 4 is 27.3 Å². The number of halogens is 1. The molecule has 0 saturated carbocycles. The van der Waals surface area contributed by atoms with Crippen LogP contribution in [0.2, 0.25) is 0 Å². The number of hydrogen-bond donors (Lipinski definition) is 1. The maximum absolute atomic E-state index is 5.19. The second kappa shape index (κ2) is 7.81. The molecular formula is C16H20BrNOS. The van der Waals surface area contributed by atoms with Crippen molar-refractivity contribution in [2.75, 3.05) is 13.7 Å². The summed E-state index contributed by atoms with van der Waals surface area (Å²) in [6, 6.07) is 11.0. The highest BCUT2D eigenvalue weighted by molar-refractivity contribution is 9.11. The fourth-order valence-electron chi connectivity index (χ4n) is 2.24. The molecule has 0 bridgehead atoms. The van der Waals surface area contributed by atoms with Crippen molar-refractivity contribution in [1.29, 1.82) is 0 Å². The van der Waals surface area contributed by atoms with E-state index in [2.05, 4.69) is 51.7 Å². The van der Waals surface area contributed by atoms with Crippen LogP contribution in [0.25, 0.3) is 0 Å². The quantitative estimate of drug-likeness (QED) is 0.771. The lowest BCUT2D eigenvalue weighted by molar-refractivity contribution is 0.414. The van der Waals surface area contributed by atoms with E-state index in [1.165, 1.54) is 14.9 Å². The molecule has 0 aliphatic rings. The molecule has 0 spiro atoms. The third kappa shape index (κ3) is 4.33. The van der Waals surface area contributed by atoms with Gasteiger partial charge in [-0.1, -0.05) is 19.1 Å². The second-order valence-electron chi connectivity index (χ2n) is 4.68. The van der Waals surface area contributed by atoms with Gasteiger partial charge in [0, 0.05) is 6.04 Å². The van der Waals surface area contributed by atoms with Crippen LogP contribution in [0.4, 0.5) is 0 Å². The van der Waals surface area contributed by atoms with E-state index >= 15 is 0 Å². The van der Waals surface area contributed by atoms with Crippen LogP contribution in [0.5, 0.6) is 5.75 Å². The molecule has 4 heteroatoms. The first-order chi connectivity index (χ1) is 9.72. The van der Waals surface area contributed by atoms with Gasteiger partial charge in [-0.2, -0.15) is 0 Å². The molecule has 1 aromatic carbocycles. The van der Waals surface area contributed by atoms with E-state index < -0.39 is 0 Å². The van der Waals surface area contributed by atoms with Gasteiger partial charge < -0.3 is 10.1 Å². The van der Waals surface area contributed by atoms with Gasteiger partial charge in [0.15, 0.2) is 0 Å². The van der Waals surface area contributed by atoms with Crippen LogP contribution in [-0.4, -0.2) is 13.7 Å². The second-order valence-corrected chi connectivity index (χ2v) is 6.97. The molecule has 1 heterocycles. The van der Waals surface area contributed by atoms with E-state index in [0.29, 0.717) is 6.04 Å². The van der Waals surface area contributed by atoms with Crippen LogP contribution in [0.3, 0.4) is 0 Å². The molecule has 0 aliphatic carbocycles. The molecule has 108 valence electrons. The van der Waals surface area contributed by atoms with Crippen LogP contribution in [0.15, 0.2) is 39.5 Å². The van der Waals surface area contributed by atoms with Gasteiger partial charge in [0.2, 0.25) is 0 Å². The monoisotopic (exact) mass is 353 g/mol. The first kappa shape index (κ1) is 15.5. The lowest BCUT2D eigenvalue weighted by atomic mass is 10.0. The topological polar surface area (TPSA) is 21.3 Å². The Morgan fingerprint density at radius 1 is 1.30 bits per heavy atom. The summed E-state index contributed by atoms with van der Waals surface area (Å²) >= 11 is 5.29. The Hall–Kier alpha value is -0.840. The number of thiophene rings is 1. The summed E-state index contributed by atoms with van der Waals surface area (Å²) in [5.41, 5.74) is 2.72. The van der Waals surface area contributed by atoms with Crippen LogP contribution >= 0.6 is 27.3 Å². The maximum atomic E-state index is 5.19. The van der Waals surface area contributed by atoms with Crippen LogP contribution in [0.1, 0.15) is 30.5 Å². The molecule has 1 aromatic heterocycles. The van der Waals surface area contributed by atoms with Gasteiger partial charge >= 0.3 is 0 Å². The van der Waals surface area contributed by atoms with Crippen LogP contribution in [0, 0.1) is 0 Å². The Labute approximate surface area is 133 Å². The number of hydrogen-bond acceptors (Lipinski definition) is 3. The van der Waals surface area contributed by atoms with Gasteiger partial charge in [-0.15, -0.1) is 11.3 Å². The smallest absolute Gasteiger partial charge is 0.118 e. The molecule has 1 atom stereocenters. The highest BCUT2D eigenvalue weighted by Gasteiger charge is 2.12. The predicted molar refractivity (Wildman–Crippen MR) is 89.8 cm³/mol. The van der Waals surface area contributed by atoms with Gasteiger partial charge in [-0.05, 0) is 70.0 Å². The van der Waals surface area contributed by atoms with Crippen molar-refractivity contribution in [1.82, 2.24) is 5.32 Å². The molecule has 1 N–H and O–H groups in total. The minimum Gasteiger partial charge on any atom is -0.497 e. The van der Waals surface area contributed by atoms with Gasteiger partial charge in [0.1, 0.15) is 5.75 Å². The Kier molecular flexibility index (Phi) is 6.07. The van der Waals surface area contributed by atoms with Crippen molar-refractivity contribution in [2.24, 2.45) is 0 Å². The average molecular weight is 354 g/mol. The van der Waals surface area contributed by atoms with Crippen molar-refractivity contribution in [3.05, 3.63) is 50.6 Å². The van der Waals surface area contributed by atoms with E-state index in [9.17, 15) is 0 Å². The van der Waals surface area contributed by atoms with Crippen molar-refractivity contribution in [2.45, 2.75) is 25.8 Å². The SMILES string of the molecule is CCNC(CCc1ccc(OC)cc1)c1csc(Br)c1. The minimum atomic E-state index is 0.421. The minimum absolute atomic E-state index is 0.421. The summed E-state index contributed by atoms with van der Waals surface area (Å²) in [7, 11) is 1.70. The van der Waals surface area contributed by atoms with E-state index in [4.69, 9.17) is 4.74 Å². The van der Waals surface area contributed by atoms with E-state index in [1.807, 2.05) is 12.1 Å². The highest BCUT2D eigenvalue weighted by Crippen LogP contribution is 2.28. The van der Waals surface area contributed by atoms with E-state index in [1.54, 1.807) is 18.4 Å². The zero-order valence-electron chi connectivity index (χ0n) is 11.9. The summed E-state index contributed by atoms with van der Waals surface area (Å²) < 4.78 is 6.38. The molecular weight excluding hydrogens is 334 g/mol. The van der Waals surface area contributed by atoms with Crippen molar-refractivity contribution < 1.29 is 4.74 Å². The van der Waals surface area contributed by atoms with Gasteiger partial charge in [0.05, 0.1) is 10.9 Å². The van der Waals surface area contributed by atoms with Crippen molar-refractivity contribution in [3.63, 3.8) is 0 Å². The van der Waals surface area contributed by atoms with Crippen LogP contribution < -0.4 is 10.1 Å². The molecule has 2 nitrogen and oxygen atoms in total. The third-order valence-corrected chi connectivity index (χ3v) is 4.84. The number of benzene rings is 1. The first-order valence-corrected chi connectivity index (χ1v) is 8.50. The standard InChI is InChI=1S/C16H20BrNOS/c1-3-18-15(13-10-16(17)20-11-13)9-6-12-4-7-14(19-2)8-5-12/h4-5,7-8,10-11,15,18H,3,6,9H2,1-2H3. The number of nitrogens with one attached hydrogen (secondary N) is 1. The Morgan fingerprint density at radius 3 is 2.60 bits per heavy atom. The zero-order chi connectivity index (χ0) is 14.4. The van der Waals surface area contributed by atoms with E-state index in [0.717, 1.165) is 25.1 Å². The maximum Gasteiger partial charge on any atom is 0.118 e. The zero-order valence-corrected chi connectivity index (χ0v) is 14.3. The molecule has 2 rings (SSSR count). The molecule has 1 unspecified atom stereocenters. The average Bonchev–Trinajstić information content (AvgIpc) is 2.90. The Bertz CT molecular complexity index is 524. The Balaban J connectivity index is 1.97. The first-order valence-electron chi connectivity index (χ1n) is 6.83. The molecule has 0 aliphatic heterocycles. The van der Waals surface area contributed by atoms with Gasteiger partial charge in [0.25, 0.3) is 0 Å². The normalized spacial score (nSPS) is 12.3. The number of aryl methyl sites for hydroxylation is 1. The number of methoxy groups -OCH3 is 1. The predicted octanol–water partition coefficient (Wildman–Crippen LogP) is 4.80. The summed E-state index contributed by atoms with van der Waals surface area (Å²) in [6.45, 7) is 3.14. The summed E-state index contributed by atoms with van der Waals surface area (Å²) in [5.74, 6) is 0.916. The van der Waals surface area contributed by atoms with Gasteiger partial charge in [-0.25, -0.2) is 0 Å². The van der Waals surface area contributed by atoms with E-state index in [-0.39, 0.29) is 0 Å². The highest BCUT2D eigenvalue weighted by atomic mass is 79.9. The number of rotatable bonds is 7. The molecule has 0 amide bonds. The van der Waals surface area contributed by atoms with Gasteiger partial charge in [-0.3, -0.25) is 0 Å².